The third kappa shape index (κ3) is 6.01. The van der Waals surface area contributed by atoms with Crippen LogP contribution in [-0.2, 0) is 11.2 Å². The lowest BCUT2D eigenvalue weighted by Gasteiger charge is -2.08. The molecule has 0 radical (unpaired) electrons. The molecule has 0 heterocycles. The van der Waals surface area contributed by atoms with E-state index < -0.39 is 0 Å². The second kappa shape index (κ2) is 9.60. The van der Waals surface area contributed by atoms with E-state index in [1.165, 1.54) is 11.6 Å². The van der Waals surface area contributed by atoms with Crippen LogP contribution in [0.3, 0.4) is 0 Å². The lowest BCUT2D eigenvalue weighted by molar-refractivity contribution is -0.111. The van der Waals surface area contributed by atoms with Gasteiger partial charge in [-0.25, -0.2) is 0 Å². The molecule has 0 saturated carbocycles. The number of hydrogen-bond donors (Lipinski definition) is 1. The summed E-state index contributed by atoms with van der Waals surface area (Å²) < 4.78 is 5.79. The highest BCUT2D eigenvalue weighted by molar-refractivity contribution is 6.32. The molecule has 0 aromatic heterocycles. The van der Waals surface area contributed by atoms with E-state index in [1.54, 1.807) is 12.1 Å². The normalized spacial score (nSPS) is 10.7. The molecule has 3 aromatic carbocycles. The number of carbonyl (C=O) groups excluding carboxylic acids is 1. The highest BCUT2D eigenvalue weighted by Gasteiger charge is 2.02. The number of ether oxygens (including phenoxy) is 1. The van der Waals surface area contributed by atoms with Crippen LogP contribution in [0.4, 0.5) is 5.69 Å². The van der Waals surface area contributed by atoms with Crippen molar-refractivity contribution < 1.29 is 9.53 Å². The molecule has 0 bridgehead atoms. The minimum atomic E-state index is -0.226. The lowest BCUT2D eigenvalue weighted by atomic mass is 10.2. The van der Waals surface area contributed by atoms with Gasteiger partial charge in [-0.3, -0.25) is 4.79 Å². The van der Waals surface area contributed by atoms with Gasteiger partial charge in [-0.2, -0.15) is 0 Å². The molecule has 27 heavy (non-hydrogen) atoms. The van der Waals surface area contributed by atoms with Crippen molar-refractivity contribution in [3.05, 3.63) is 101 Å². The average molecular weight is 378 g/mol. The minimum absolute atomic E-state index is 0.226. The molecular weight excluding hydrogens is 358 g/mol. The SMILES string of the molecule is O=C(/C=C/c1ccccc1Cl)Nc1cccc(OCCc2ccccc2)c1. The number of rotatable bonds is 7. The largest absolute Gasteiger partial charge is 0.493 e. The molecule has 136 valence electrons. The van der Waals surface area contributed by atoms with E-state index in [0.717, 1.165) is 17.7 Å². The summed E-state index contributed by atoms with van der Waals surface area (Å²) in [6.07, 6.45) is 3.99. The Morgan fingerprint density at radius 2 is 1.74 bits per heavy atom. The molecule has 3 aromatic rings. The van der Waals surface area contributed by atoms with Crippen LogP contribution in [0, 0.1) is 0 Å². The van der Waals surface area contributed by atoms with E-state index in [-0.39, 0.29) is 5.91 Å². The van der Waals surface area contributed by atoms with Gasteiger partial charge in [0, 0.05) is 29.3 Å². The first-order valence-electron chi connectivity index (χ1n) is 8.71. The van der Waals surface area contributed by atoms with E-state index in [9.17, 15) is 4.79 Å². The topological polar surface area (TPSA) is 38.3 Å². The van der Waals surface area contributed by atoms with Gasteiger partial charge in [0.2, 0.25) is 5.91 Å². The smallest absolute Gasteiger partial charge is 0.248 e. The van der Waals surface area contributed by atoms with Crippen LogP contribution in [0.25, 0.3) is 6.08 Å². The zero-order valence-electron chi connectivity index (χ0n) is 14.8. The summed E-state index contributed by atoms with van der Waals surface area (Å²) >= 11 is 6.08. The monoisotopic (exact) mass is 377 g/mol. The maximum atomic E-state index is 12.1. The lowest BCUT2D eigenvalue weighted by Crippen LogP contribution is -2.08. The molecule has 0 unspecified atom stereocenters. The fourth-order valence-electron chi connectivity index (χ4n) is 2.55. The third-order valence-electron chi connectivity index (χ3n) is 3.92. The molecular formula is C23H20ClNO2. The van der Waals surface area contributed by atoms with Crippen LogP contribution < -0.4 is 10.1 Å². The Kier molecular flexibility index (Phi) is 6.66. The highest BCUT2D eigenvalue weighted by atomic mass is 35.5. The molecule has 0 aliphatic carbocycles. The molecule has 0 aliphatic rings. The van der Waals surface area contributed by atoms with Gasteiger partial charge in [0.05, 0.1) is 6.61 Å². The van der Waals surface area contributed by atoms with Crippen molar-refractivity contribution in [1.29, 1.82) is 0 Å². The van der Waals surface area contributed by atoms with Gasteiger partial charge in [-0.15, -0.1) is 0 Å². The molecule has 1 amide bonds. The van der Waals surface area contributed by atoms with Gasteiger partial charge in [-0.05, 0) is 35.4 Å². The second-order valence-corrected chi connectivity index (χ2v) is 6.36. The van der Waals surface area contributed by atoms with Crippen molar-refractivity contribution >= 4 is 29.3 Å². The molecule has 0 fully saturated rings. The first kappa shape index (κ1) is 18.7. The maximum absolute atomic E-state index is 12.1. The van der Waals surface area contributed by atoms with Crippen LogP contribution in [0.1, 0.15) is 11.1 Å². The summed E-state index contributed by atoms with van der Waals surface area (Å²) in [5.41, 5.74) is 2.71. The fourth-order valence-corrected chi connectivity index (χ4v) is 2.75. The van der Waals surface area contributed by atoms with E-state index in [4.69, 9.17) is 16.3 Å². The van der Waals surface area contributed by atoms with Crippen molar-refractivity contribution in [3.63, 3.8) is 0 Å². The van der Waals surface area contributed by atoms with Crippen molar-refractivity contribution in [1.82, 2.24) is 0 Å². The Morgan fingerprint density at radius 1 is 0.963 bits per heavy atom. The Bertz CT molecular complexity index is 922. The van der Waals surface area contributed by atoms with Crippen LogP contribution in [0.5, 0.6) is 5.75 Å². The van der Waals surface area contributed by atoms with Crippen LogP contribution in [0.15, 0.2) is 84.9 Å². The second-order valence-electron chi connectivity index (χ2n) is 5.96. The molecule has 1 N–H and O–H groups in total. The number of carbonyl (C=O) groups is 1. The maximum Gasteiger partial charge on any atom is 0.248 e. The molecule has 0 atom stereocenters. The Hall–Kier alpha value is -3.04. The average Bonchev–Trinajstić information content (AvgIpc) is 2.68. The van der Waals surface area contributed by atoms with E-state index in [1.807, 2.05) is 60.7 Å². The highest BCUT2D eigenvalue weighted by Crippen LogP contribution is 2.19. The molecule has 3 nitrogen and oxygen atoms in total. The summed E-state index contributed by atoms with van der Waals surface area (Å²) in [6.45, 7) is 0.577. The summed E-state index contributed by atoms with van der Waals surface area (Å²) in [4.78, 5) is 12.1. The first-order valence-corrected chi connectivity index (χ1v) is 9.09. The summed E-state index contributed by atoms with van der Waals surface area (Å²) in [6, 6.07) is 24.9. The predicted octanol–water partition coefficient (Wildman–Crippen LogP) is 5.61. The van der Waals surface area contributed by atoms with Gasteiger partial charge in [0.25, 0.3) is 0 Å². The Morgan fingerprint density at radius 3 is 2.56 bits per heavy atom. The van der Waals surface area contributed by atoms with Gasteiger partial charge in [0.1, 0.15) is 5.75 Å². The van der Waals surface area contributed by atoms with E-state index >= 15 is 0 Å². The van der Waals surface area contributed by atoms with Crippen LogP contribution in [0.2, 0.25) is 5.02 Å². The molecule has 0 saturated heterocycles. The van der Waals surface area contributed by atoms with Gasteiger partial charge < -0.3 is 10.1 Å². The van der Waals surface area contributed by atoms with Crippen molar-refractivity contribution in [3.8, 4) is 5.75 Å². The standard InChI is InChI=1S/C23H20ClNO2/c24-22-12-5-4-9-19(22)13-14-23(26)25-20-10-6-11-21(17-20)27-16-15-18-7-2-1-3-8-18/h1-14,17H,15-16H2,(H,25,26)/b14-13+. The van der Waals surface area contributed by atoms with Gasteiger partial charge in [-0.1, -0.05) is 66.2 Å². The Balaban J connectivity index is 1.54. The summed E-state index contributed by atoms with van der Waals surface area (Å²) in [7, 11) is 0. The summed E-state index contributed by atoms with van der Waals surface area (Å²) in [5.74, 6) is 0.496. The zero-order valence-corrected chi connectivity index (χ0v) is 15.5. The Labute approximate surface area is 164 Å². The molecule has 3 rings (SSSR count). The number of halogens is 1. The van der Waals surface area contributed by atoms with Gasteiger partial charge >= 0.3 is 0 Å². The molecule has 0 spiro atoms. The number of anilines is 1. The number of hydrogen-bond acceptors (Lipinski definition) is 2. The number of benzene rings is 3. The molecule has 0 aliphatic heterocycles. The van der Waals surface area contributed by atoms with Crippen molar-refractivity contribution in [2.45, 2.75) is 6.42 Å². The number of amides is 1. The predicted molar refractivity (Wildman–Crippen MR) is 111 cm³/mol. The van der Waals surface area contributed by atoms with Gasteiger partial charge in [0.15, 0.2) is 0 Å². The van der Waals surface area contributed by atoms with E-state index in [2.05, 4.69) is 17.4 Å². The quantitative estimate of drug-likeness (QED) is 0.543. The third-order valence-corrected chi connectivity index (χ3v) is 4.27. The first-order chi connectivity index (χ1) is 13.2. The van der Waals surface area contributed by atoms with Crippen LogP contribution in [-0.4, -0.2) is 12.5 Å². The number of nitrogens with one attached hydrogen (secondary N) is 1. The van der Waals surface area contributed by atoms with Crippen LogP contribution >= 0.6 is 11.6 Å². The molecule has 4 heteroatoms. The van der Waals surface area contributed by atoms with Crippen molar-refractivity contribution in [2.75, 3.05) is 11.9 Å². The van der Waals surface area contributed by atoms with E-state index in [0.29, 0.717) is 17.3 Å². The minimum Gasteiger partial charge on any atom is -0.493 e. The fraction of sp³-hybridized carbons (Fsp3) is 0.0870. The summed E-state index contributed by atoms with van der Waals surface area (Å²) in [5, 5.41) is 3.44. The zero-order chi connectivity index (χ0) is 18.9. The van der Waals surface area contributed by atoms with Crippen molar-refractivity contribution in [2.24, 2.45) is 0 Å².